The first-order valence-electron chi connectivity index (χ1n) is 7.47. The number of piperidine rings is 1. The van der Waals surface area contributed by atoms with Crippen LogP contribution in [0.3, 0.4) is 0 Å². The van der Waals surface area contributed by atoms with E-state index < -0.39 is 11.3 Å². The summed E-state index contributed by atoms with van der Waals surface area (Å²) in [6.07, 6.45) is 1.24. The van der Waals surface area contributed by atoms with Crippen LogP contribution in [0.2, 0.25) is 0 Å². The van der Waals surface area contributed by atoms with Crippen LogP contribution >= 0.6 is 0 Å². The number of benzene rings is 1. The van der Waals surface area contributed by atoms with Gasteiger partial charge in [-0.05, 0) is 25.0 Å². The van der Waals surface area contributed by atoms with Crippen molar-refractivity contribution in [3.05, 3.63) is 35.9 Å². The van der Waals surface area contributed by atoms with Gasteiger partial charge < -0.3 is 4.90 Å². The second-order valence-corrected chi connectivity index (χ2v) is 6.35. The molecular formula is C17H15F2N3. The quantitative estimate of drug-likeness (QED) is 0.805. The normalized spacial score (nSPS) is 26.1. The lowest BCUT2D eigenvalue weighted by atomic mass is 9.94. The summed E-state index contributed by atoms with van der Waals surface area (Å²) in [7, 11) is 0. The van der Waals surface area contributed by atoms with Crippen LogP contribution in [0.5, 0.6) is 0 Å². The molecule has 4 rings (SSSR count). The first-order chi connectivity index (χ1) is 10.5. The lowest BCUT2D eigenvalue weighted by Crippen LogP contribution is -2.40. The van der Waals surface area contributed by atoms with Crippen molar-refractivity contribution in [1.82, 2.24) is 4.98 Å². The Bertz CT molecular complexity index is 796. The zero-order valence-electron chi connectivity index (χ0n) is 12.0. The molecule has 1 aliphatic heterocycles. The Morgan fingerprint density at radius 1 is 1.27 bits per heavy atom. The summed E-state index contributed by atoms with van der Waals surface area (Å²) < 4.78 is 27.4. The third-order valence-corrected chi connectivity index (χ3v) is 4.91. The van der Waals surface area contributed by atoms with Crippen LogP contribution in [-0.4, -0.2) is 24.0 Å². The maximum atomic E-state index is 13.7. The molecule has 22 heavy (non-hydrogen) atoms. The van der Waals surface area contributed by atoms with Crippen LogP contribution in [0.1, 0.15) is 24.8 Å². The average molecular weight is 299 g/mol. The number of nitrogens with zero attached hydrogens (tertiary/aromatic N) is 3. The standard InChI is InChI=1S/C17H15F2N3/c18-17(19)10-16(17)6-3-7-22(11-16)15-13(9-20)8-12-4-1-2-5-14(12)21-15/h1-2,4-5,8H,3,6-7,10-11H2. The minimum Gasteiger partial charge on any atom is -0.355 e. The van der Waals surface area contributed by atoms with Crippen molar-refractivity contribution in [1.29, 1.82) is 5.26 Å². The van der Waals surface area contributed by atoms with E-state index in [4.69, 9.17) is 0 Å². The molecule has 1 saturated heterocycles. The highest BCUT2D eigenvalue weighted by Crippen LogP contribution is 2.64. The number of fused-ring (bicyclic) bond motifs is 1. The molecule has 0 bridgehead atoms. The molecule has 5 heteroatoms. The topological polar surface area (TPSA) is 39.9 Å². The molecule has 1 aromatic carbocycles. The van der Waals surface area contributed by atoms with Gasteiger partial charge >= 0.3 is 0 Å². The van der Waals surface area contributed by atoms with Crippen LogP contribution in [0.4, 0.5) is 14.6 Å². The van der Waals surface area contributed by atoms with Crippen LogP contribution in [-0.2, 0) is 0 Å². The summed E-state index contributed by atoms with van der Waals surface area (Å²) in [5.41, 5.74) is 0.351. The van der Waals surface area contributed by atoms with E-state index in [2.05, 4.69) is 11.1 Å². The summed E-state index contributed by atoms with van der Waals surface area (Å²) in [6, 6.07) is 11.5. The molecule has 2 aromatic rings. The molecule has 1 spiro atoms. The van der Waals surface area contributed by atoms with E-state index >= 15 is 0 Å². The molecule has 1 aliphatic carbocycles. The van der Waals surface area contributed by atoms with Gasteiger partial charge in [0.05, 0.1) is 16.5 Å². The average Bonchev–Trinajstić information content (AvgIpc) is 3.05. The van der Waals surface area contributed by atoms with Crippen molar-refractivity contribution < 1.29 is 8.78 Å². The molecule has 3 nitrogen and oxygen atoms in total. The number of rotatable bonds is 1. The van der Waals surface area contributed by atoms with E-state index in [0.29, 0.717) is 30.9 Å². The molecule has 2 heterocycles. The molecule has 0 N–H and O–H groups in total. The number of para-hydroxylation sites is 1. The number of nitriles is 1. The van der Waals surface area contributed by atoms with Crippen LogP contribution < -0.4 is 4.90 Å². The number of aromatic nitrogens is 1. The third-order valence-electron chi connectivity index (χ3n) is 4.91. The van der Waals surface area contributed by atoms with Gasteiger partial charge in [0, 0.05) is 24.9 Å². The fourth-order valence-corrected chi connectivity index (χ4v) is 3.57. The van der Waals surface area contributed by atoms with Crippen molar-refractivity contribution >= 4 is 16.7 Å². The first kappa shape index (κ1) is 13.4. The van der Waals surface area contributed by atoms with Crippen LogP contribution in [0.15, 0.2) is 30.3 Å². The minimum atomic E-state index is -2.56. The second kappa shape index (κ2) is 4.39. The minimum absolute atomic E-state index is 0.0357. The summed E-state index contributed by atoms with van der Waals surface area (Å²) in [4.78, 5) is 6.44. The van der Waals surface area contributed by atoms with E-state index in [9.17, 15) is 14.0 Å². The monoisotopic (exact) mass is 299 g/mol. The largest absolute Gasteiger partial charge is 0.355 e. The molecule has 2 aliphatic rings. The molecule has 0 radical (unpaired) electrons. The van der Waals surface area contributed by atoms with Gasteiger partial charge in [0.15, 0.2) is 0 Å². The summed E-state index contributed by atoms with van der Waals surface area (Å²) in [5.74, 6) is -2.02. The van der Waals surface area contributed by atoms with Gasteiger partial charge in [-0.15, -0.1) is 0 Å². The van der Waals surface area contributed by atoms with Gasteiger partial charge in [-0.1, -0.05) is 18.2 Å². The van der Waals surface area contributed by atoms with Gasteiger partial charge in [0.25, 0.3) is 5.92 Å². The summed E-state index contributed by atoms with van der Waals surface area (Å²) in [6.45, 7) is 0.970. The number of anilines is 1. The third kappa shape index (κ3) is 1.87. The number of hydrogen-bond donors (Lipinski definition) is 0. The number of halogens is 2. The highest BCUT2D eigenvalue weighted by molar-refractivity contribution is 5.83. The summed E-state index contributed by atoms with van der Waals surface area (Å²) >= 11 is 0. The highest BCUT2D eigenvalue weighted by atomic mass is 19.3. The second-order valence-electron chi connectivity index (χ2n) is 6.35. The molecule has 1 aromatic heterocycles. The van der Waals surface area contributed by atoms with Crippen molar-refractivity contribution in [2.75, 3.05) is 18.0 Å². The van der Waals surface area contributed by atoms with Gasteiger partial charge in [0.1, 0.15) is 11.9 Å². The zero-order chi connectivity index (χ0) is 15.4. The maximum absolute atomic E-state index is 13.7. The Balaban J connectivity index is 1.76. The molecule has 1 saturated carbocycles. The van der Waals surface area contributed by atoms with E-state index in [1.54, 1.807) is 6.07 Å². The molecule has 1 atom stereocenters. The van der Waals surface area contributed by atoms with Crippen molar-refractivity contribution in [2.24, 2.45) is 5.41 Å². The van der Waals surface area contributed by atoms with Gasteiger partial charge in [-0.3, -0.25) is 0 Å². The fourth-order valence-electron chi connectivity index (χ4n) is 3.57. The smallest absolute Gasteiger partial charge is 0.256 e. The van der Waals surface area contributed by atoms with E-state index in [1.807, 2.05) is 29.2 Å². The molecule has 2 fully saturated rings. The van der Waals surface area contributed by atoms with E-state index in [0.717, 1.165) is 17.3 Å². The SMILES string of the molecule is N#Cc1cc2ccccc2nc1N1CCCC2(C1)CC2(F)F. The van der Waals surface area contributed by atoms with Crippen molar-refractivity contribution in [2.45, 2.75) is 25.2 Å². The van der Waals surface area contributed by atoms with E-state index in [-0.39, 0.29) is 6.42 Å². The van der Waals surface area contributed by atoms with Crippen LogP contribution in [0.25, 0.3) is 10.9 Å². The molecule has 112 valence electrons. The Labute approximate surface area is 127 Å². The zero-order valence-corrected chi connectivity index (χ0v) is 12.0. The predicted octanol–water partition coefficient (Wildman–Crippen LogP) is 3.73. The molecule has 0 amide bonds. The lowest BCUT2D eigenvalue weighted by Gasteiger charge is -2.34. The Kier molecular flexibility index (Phi) is 2.68. The Morgan fingerprint density at radius 2 is 2.05 bits per heavy atom. The number of alkyl halides is 2. The van der Waals surface area contributed by atoms with Gasteiger partial charge in [-0.25, -0.2) is 13.8 Å². The Hall–Kier alpha value is -2.22. The van der Waals surface area contributed by atoms with Crippen molar-refractivity contribution in [3.8, 4) is 6.07 Å². The molecular weight excluding hydrogens is 284 g/mol. The van der Waals surface area contributed by atoms with Gasteiger partial charge in [0.2, 0.25) is 0 Å². The number of pyridine rings is 1. The first-order valence-corrected chi connectivity index (χ1v) is 7.47. The van der Waals surface area contributed by atoms with Crippen LogP contribution in [0, 0.1) is 16.7 Å². The van der Waals surface area contributed by atoms with E-state index in [1.165, 1.54) is 0 Å². The van der Waals surface area contributed by atoms with Gasteiger partial charge in [-0.2, -0.15) is 5.26 Å². The summed E-state index contributed by atoms with van der Waals surface area (Å²) in [5, 5.41) is 10.3. The lowest BCUT2D eigenvalue weighted by molar-refractivity contribution is 0.0575. The number of hydrogen-bond acceptors (Lipinski definition) is 3. The predicted molar refractivity (Wildman–Crippen MR) is 79.9 cm³/mol. The van der Waals surface area contributed by atoms with Crippen molar-refractivity contribution in [3.63, 3.8) is 0 Å². The Morgan fingerprint density at radius 3 is 2.77 bits per heavy atom. The molecule has 1 unspecified atom stereocenters. The maximum Gasteiger partial charge on any atom is 0.256 e. The highest BCUT2D eigenvalue weighted by Gasteiger charge is 2.71. The fraction of sp³-hybridized carbons (Fsp3) is 0.412.